The minimum Gasteiger partial charge on any atom is -0.494 e. The maximum absolute atomic E-state index is 13.8. The van der Waals surface area contributed by atoms with Crippen LogP contribution in [0.5, 0.6) is 17.2 Å². The molecule has 2 atom stereocenters. The highest BCUT2D eigenvalue weighted by molar-refractivity contribution is 7.07. The number of fused-ring (bicyclic) bond motifs is 1. The Hall–Kier alpha value is -3.85. The molecule has 0 saturated heterocycles. The van der Waals surface area contributed by atoms with Crippen molar-refractivity contribution in [3.8, 4) is 17.2 Å². The van der Waals surface area contributed by atoms with E-state index in [1.54, 1.807) is 31.6 Å². The van der Waals surface area contributed by atoms with Gasteiger partial charge >= 0.3 is 5.97 Å². The zero-order chi connectivity index (χ0) is 28.1. The second kappa shape index (κ2) is 12.3. The summed E-state index contributed by atoms with van der Waals surface area (Å²) in [6, 6.07) is 12.3. The summed E-state index contributed by atoms with van der Waals surface area (Å²) in [7, 11) is 1.59. The molecule has 0 amide bonds. The molecular weight excluding hydrogens is 516 g/mol. The first-order chi connectivity index (χ1) is 18.8. The topological polar surface area (TPSA) is 88.4 Å². The van der Waals surface area contributed by atoms with Crippen molar-refractivity contribution in [3.05, 3.63) is 84.5 Å². The van der Waals surface area contributed by atoms with E-state index in [4.69, 9.17) is 18.9 Å². The van der Waals surface area contributed by atoms with Gasteiger partial charge in [0.05, 0.1) is 48.3 Å². The molecule has 0 spiro atoms. The molecule has 0 aliphatic carbocycles. The number of aromatic nitrogens is 1. The Kier molecular flexibility index (Phi) is 8.91. The molecule has 0 radical (unpaired) electrons. The number of hydrogen-bond acceptors (Lipinski definition) is 8. The SMILES string of the molecule is CCOC(=O)C1=C(C)N=c2s/c(=C/c3ccc(O[C@H](C)CC)c(OC)c3)c(=O)n2[C@@H]1c1ccc(OCC)cc1. The molecule has 1 aliphatic heterocycles. The Balaban J connectivity index is 1.84. The summed E-state index contributed by atoms with van der Waals surface area (Å²) >= 11 is 1.27. The third-order valence-electron chi connectivity index (χ3n) is 6.41. The lowest BCUT2D eigenvalue weighted by atomic mass is 9.96. The molecule has 206 valence electrons. The van der Waals surface area contributed by atoms with Crippen LogP contribution in [0.15, 0.2) is 63.5 Å². The molecule has 1 aliphatic rings. The van der Waals surface area contributed by atoms with Crippen LogP contribution in [-0.4, -0.2) is 37.0 Å². The summed E-state index contributed by atoms with van der Waals surface area (Å²) in [4.78, 5) is 32.1. The number of carbonyl (C=O) groups is 1. The predicted molar refractivity (Wildman–Crippen MR) is 151 cm³/mol. The number of ether oxygens (including phenoxy) is 4. The number of benzene rings is 2. The molecule has 0 saturated carbocycles. The molecule has 39 heavy (non-hydrogen) atoms. The Morgan fingerprint density at radius 3 is 2.49 bits per heavy atom. The first-order valence-electron chi connectivity index (χ1n) is 13.1. The lowest BCUT2D eigenvalue weighted by Gasteiger charge is -2.24. The van der Waals surface area contributed by atoms with Crippen LogP contribution in [0.25, 0.3) is 6.08 Å². The molecule has 1 aromatic heterocycles. The van der Waals surface area contributed by atoms with Gasteiger partial charge in [-0.25, -0.2) is 9.79 Å². The zero-order valence-corrected chi connectivity index (χ0v) is 24.0. The van der Waals surface area contributed by atoms with Crippen LogP contribution in [0.2, 0.25) is 0 Å². The number of nitrogens with zero attached hydrogens (tertiary/aromatic N) is 2. The van der Waals surface area contributed by atoms with Crippen LogP contribution in [0.3, 0.4) is 0 Å². The molecule has 0 bridgehead atoms. The maximum Gasteiger partial charge on any atom is 0.338 e. The molecule has 0 fully saturated rings. The number of thiazole rings is 1. The number of allylic oxidation sites excluding steroid dienone is 1. The monoisotopic (exact) mass is 550 g/mol. The van der Waals surface area contributed by atoms with Crippen molar-refractivity contribution >= 4 is 23.4 Å². The standard InChI is InChI=1S/C30H34N2O6S/c1-7-18(4)38-23-15-10-20(16-24(23)35-6)17-25-28(33)32-27(21-11-13-22(14-12-21)36-8-2)26(29(34)37-9-3)19(5)31-30(32)39-25/h10-18,27H,7-9H2,1-6H3/b25-17+/t18-,27-/m1/s1. The van der Waals surface area contributed by atoms with Gasteiger partial charge in [0.15, 0.2) is 16.3 Å². The molecular formula is C30H34N2O6S. The van der Waals surface area contributed by atoms with Crippen LogP contribution >= 0.6 is 11.3 Å². The van der Waals surface area contributed by atoms with E-state index in [1.807, 2.05) is 56.3 Å². The number of esters is 1. The predicted octanol–water partition coefficient (Wildman–Crippen LogP) is 4.38. The lowest BCUT2D eigenvalue weighted by Crippen LogP contribution is -2.39. The van der Waals surface area contributed by atoms with Crippen LogP contribution < -0.4 is 29.1 Å². The van der Waals surface area contributed by atoms with Gasteiger partial charge in [0.1, 0.15) is 5.75 Å². The number of carbonyl (C=O) groups excluding carboxylic acids is 1. The van der Waals surface area contributed by atoms with E-state index in [1.165, 1.54) is 11.3 Å². The summed E-state index contributed by atoms with van der Waals surface area (Å²) in [5.41, 5.74) is 2.16. The molecule has 4 rings (SSSR count). The molecule has 0 unspecified atom stereocenters. The first kappa shape index (κ1) is 28.2. The van der Waals surface area contributed by atoms with Gasteiger partial charge in [-0.15, -0.1) is 0 Å². The Morgan fingerprint density at radius 2 is 1.85 bits per heavy atom. The van der Waals surface area contributed by atoms with Gasteiger partial charge < -0.3 is 18.9 Å². The van der Waals surface area contributed by atoms with Gasteiger partial charge in [0, 0.05) is 0 Å². The smallest absolute Gasteiger partial charge is 0.338 e. The average molecular weight is 551 g/mol. The van der Waals surface area contributed by atoms with Gasteiger partial charge in [0.25, 0.3) is 5.56 Å². The fourth-order valence-corrected chi connectivity index (χ4v) is 5.39. The van der Waals surface area contributed by atoms with Crippen molar-refractivity contribution in [3.63, 3.8) is 0 Å². The van der Waals surface area contributed by atoms with E-state index in [2.05, 4.69) is 11.9 Å². The van der Waals surface area contributed by atoms with Crippen LogP contribution in [-0.2, 0) is 9.53 Å². The van der Waals surface area contributed by atoms with Gasteiger partial charge in [0.2, 0.25) is 0 Å². The van der Waals surface area contributed by atoms with E-state index in [9.17, 15) is 9.59 Å². The highest BCUT2D eigenvalue weighted by atomic mass is 32.1. The molecule has 8 nitrogen and oxygen atoms in total. The fraction of sp³-hybridized carbons (Fsp3) is 0.367. The Bertz CT molecular complexity index is 1550. The minimum atomic E-state index is -0.682. The van der Waals surface area contributed by atoms with Crippen molar-refractivity contribution in [2.75, 3.05) is 20.3 Å². The van der Waals surface area contributed by atoms with Gasteiger partial charge in [-0.3, -0.25) is 9.36 Å². The summed E-state index contributed by atoms with van der Waals surface area (Å²) < 4.78 is 24.5. The molecule has 2 heterocycles. The third-order valence-corrected chi connectivity index (χ3v) is 7.40. The van der Waals surface area contributed by atoms with E-state index in [0.717, 1.165) is 17.5 Å². The van der Waals surface area contributed by atoms with Crippen molar-refractivity contribution in [2.24, 2.45) is 4.99 Å². The third kappa shape index (κ3) is 5.93. The largest absolute Gasteiger partial charge is 0.494 e. The summed E-state index contributed by atoms with van der Waals surface area (Å²) in [5, 5.41) is 0. The van der Waals surface area contributed by atoms with Gasteiger partial charge in [-0.2, -0.15) is 0 Å². The summed E-state index contributed by atoms with van der Waals surface area (Å²) in [6.07, 6.45) is 2.72. The number of rotatable bonds is 10. The van der Waals surface area contributed by atoms with E-state index >= 15 is 0 Å². The minimum absolute atomic E-state index is 0.0490. The normalized spacial score (nSPS) is 15.8. The maximum atomic E-state index is 13.8. The van der Waals surface area contributed by atoms with E-state index in [0.29, 0.717) is 44.5 Å². The fourth-order valence-electron chi connectivity index (χ4n) is 4.34. The first-order valence-corrected chi connectivity index (χ1v) is 13.9. The van der Waals surface area contributed by atoms with Gasteiger partial charge in [-0.1, -0.05) is 36.5 Å². The van der Waals surface area contributed by atoms with Crippen molar-refractivity contribution in [2.45, 2.75) is 53.2 Å². The van der Waals surface area contributed by atoms with Gasteiger partial charge in [-0.05, 0) is 75.6 Å². The van der Waals surface area contributed by atoms with Crippen LogP contribution in [0, 0.1) is 0 Å². The van der Waals surface area contributed by atoms with Crippen molar-refractivity contribution in [1.29, 1.82) is 0 Å². The molecule has 9 heteroatoms. The van der Waals surface area contributed by atoms with Crippen LogP contribution in [0.4, 0.5) is 0 Å². The number of hydrogen-bond donors (Lipinski definition) is 0. The number of methoxy groups -OCH3 is 1. The second-order valence-corrected chi connectivity index (χ2v) is 10.1. The molecule has 0 N–H and O–H groups in total. The van der Waals surface area contributed by atoms with E-state index < -0.39 is 12.0 Å². The zero-order valence-electron chi connectivity index (χ0n) is 23.1. The Labute approximate surface area is 231 Å². The quantitative estimate of drug-likeness (QED) is 0.348. The average Bonchev–Trinajstić information content (AvgIpc) is 3.23. The van der Waals surface area contributed by atoms with Crippen molar-refractivity contribution < 1.29 is 23.7 Å². The Morgan fingerprint density at radius 1 is 1.10 bits per heavy atom. The molecule has 3 aromatic rings. The van der Waals surface area contributed by atoms with Crippen molar-refractivity contribution in [1.82, 2.24) is 4.57 Å². The van der Waals surface area contributed by atoms with Crippen LogP contribution in [0.1, 0.15) is 58.2 Å². The lowest BCUT2D eigenvalue weighted by molar-refractivity contribution is -0.139. The highest BCUT2D eigenvalue weighted by Crippen LogP contribution is 2.32. The van der Waals surface area contributed by atoms with E-state index in [-0.39, 0.29) is 18.3 Å². The summed E-state index contributed by atoms with van der Waals surface area (Å²) in [5.74, 6) is 1.45. The second-order valence-electron chi connectivity index (χ2n) is 9.05. The highest BCUT2D eigenvalue weighted by Gasteiger charge is 2.33. The summed E-state index contributed by atoms with van der Waals surface area (Å²) in [6.45, 7) is 10.3. The molecule has 2 aromatic carbocycles.